The average Bonchev–Trinajstić information content (AvgIpc) is 3.17. The van der Waals surface area contributed by atoms with Crippen LogP contribution in [0.25, 0.3) is 22.5 Å². The lowest BCUT2D eigenvalue weighted by Gasteiger charge is -2.31. The highest BCUT2D eigenvalue weighted by Gasteiger charge is 2.18. The fourth-order valence-electron chi connectivity index (χ4n) is 2.75. The lowest BCUT2D eigenvalue weighted by atomic mass is 10.1. The fourth-order valence-corrected chi connectivity index (χ4v) is 2.75. The van der Waals surface area contributed by atoms with Gasteiger partial charge in [0.15, 0.2) is 0 Å². The van der Waals surface area contributed by atoms with Crippen molar-refractivity contribution < 1.29 is 5.11 Å². The molecule has 4 rings (SSSR count). The van der Waals surface area contributed by atoms with Crippen molar-refractivity contribution in [3.05, 3.63) is 30.9 Å². The first-order chi connectivity index (χ1) is 12.2. The number of aromatic nitrogens is 6. The van der Waals surface area contributed by atoms with Gasteiger partial charge >= 0.3 is 0 Å². The van der Waals surface area contributed by atoms with Gasteiger partial charge in [0.1, 0.15) is 17.1 Å². The molecule has 0 atom stereocenters. The SMILES string of the molecule is CN1CCN(c2ncc(-c3ncc(-c4cn[nH]c4)cc3O)nn2)CC1. The number of hydrogen-bond donors (Lipinski definition) is 2. The van der Waals surface area contributed by atoms with E-state index in [0.717, 1.165) is 37.3 Å². The second-order valence-corrected chi connectivity index (χ2v) is 6.01. The van der Waals surface area contributed by atoms with Crippen molar-refractivity contribution in [2.24, 2.45) is 0 Å². The van der Waals surface area contributed by atoms with E-state index >= 15 is 0 Å². The topological polar surface area (TPSA) is 107 Å². The summed E-state index contributed by atoms with van der Waals surface area (Å²) in [4.78, 5) is 13.1. The predicted octanol–water partition coefficient (Wildman–Crippen LogP) is 0.781. The number of aromatic hydroxyl groups is 1. The van der Waals surface area contributed by atoms with E-state index in [-0.39, 0.29) is 5.75 Å². The van der Waals surface area contributed by atoms with Gasteiger partial charge in [-0.3, -0.25) is 5.10 Å². The normalized spacial score (nSPS) is 15.5. The number of nitrogens with zero attached hydrogens (tertiary/aromatic N) is 7. The van der Waals surface area contributed by atoms with Crippen LogP contribution in [0.3, 0.4) is 0 Å². The minimum absolute atomic E-state index is 0.0298. The Labute approximate surface area is 144 Å². The van der Waals surface area contributed by atoms with Crippen LogP contribution in [0.4, 0.5) is 5.95 Å². The zero-order valence-electron chi connectivity index (χ0n) is 13.8. The third-order valence-corrected chi connectivity index (χ3v) is 4.28. The molecular formula is C16H18N8O. The van der Waals surface area contributed by atoms with Gasteiger partial charge in [0.2, 0.25) is 5.95 Å². The zero-order chi connectivity index (χ0) is 17.2. The Hall–Kier alpha value is -3.07. The molecule has 3 aromatic rings. The van der Waals surface area contributed by atoms with Crippen molar-refractivity contribution in [2.45, 2.75) is 0 Å². The minimum Gasteiger partial charge on any atom is -0.506 e. The molecule has 1 aliphatic heterocycles. The first-order valence-electron chi connectivity index (χ1n) is 8.02. The van der Waals surface area contributed by atoms with Gasteiger partial charge in [-0.15, -0.1) is 10.2 Å². The molecule has 25 heavy (non-hydrogen) atoms. The van der Waals surface area contributed by atoms with E-state index in [1.54, 1.807) is 30.9 Å². The molecule has 0 amide bonds. The average molecular weight is 338 g/mol. The Morgan fingerprint density at radius 1 is 1.00 bits per heavy atom. The van der Waals surface area contributed by atoms with Gasteiger partial charge in [-0.1, -0.05) is 0 Å². The van der Waals surface area contributed by atoms with E-state index in [4.69, 9.17) is 0 Å². The van der Waals surface area contributed by atoms with Crippen LogP contribution in [-0.4, -0.2) is 73.6 Å². The molecule has 0 saturated carbocycles. The van der Waals surface area contributed by atoms with Gasteiger partial charge in [0.05, 0.1) is 12.4 Å². The van der Waals surface area contributed by atoms with Crippen molar-refractivity contribution in [3.63, 3.8) is 0 Å². The van der Waals surface area contributed by atoms with E-state index in [1.807, 2.05) is 0 Å². The number of aromatic amines is 1. The molecule has 2 N–H and O–H groups in total. The molecular weight excluding hydrogens is 320 g/mol. The molecule has 9 heteroatoms. The third-order valence-electron chi connectivity index (χ3n) is 4.28. The molecule has 0 unspecified atom stereocenters. The van der Waals surface area contributed by atoms with Gasteiger partial charge in [-0.2, -0.15) is 5.10 Å². The molecule has 1 aliphatic rings. The summed E-state index contributed by atoms with van der Waals surface area (Å²) in [6, 6.07) is 1.63. The van der Waals surface area contributed by atoms with Crippen molar-refractivity contribution in [2.75, 3.05) is 38.1 Å². The highest BCUT2D eigenvalue weighted by atomic mass is 16.3. The minimum atomic E-state index is 0.0298. The van der Waals surface area contributed by atoms with Gasteiger partial charge in [-0.05, 0) is 13.1 Å². The number of hydrogen-bond acceptors (Lipinski definition) is 8. The Morgan fingerprint density at radius 3 is 2.48 bits per heavy atom. The van der Waals surface area contributed by atoms with Crippen LogP contribution >= 0.6 is 0 Å². The van der Waals surface area contributed by atoms with Crippen LogP contribution in [0.2, 0.25) is 0 Å². The summed E-state index contributed by atoms with van der Waals surface area (Å²) in [6.07, 6.45) is 6.67. The summed E-state index contributed by atoms with van der Waals surface area (Å²) in [5, 5.41) is 25.3. The third kappa shape index (κ3) is 3.13. The Balaban J connectivity index is 1.56. The molecule has 4 heterocycles. The number of likely N-dealkylation sites (N-methyl/N-ethyl adjacent to an activating group) is 1. The quantitative estimate of drug-likeness (QED) is 0.721. The zero-order valence-corrected chi connectivity index (χ0v) is 13.8. The van der Waals surface area contributed by atoms with Crippen LogP contribution in [0, 0.1) is 0 Å². The fraction of sp³-hybridized carbons (Fsp3) is 0.312. The maximum absolute atomic E-state index is 10.3. The highest BCUT2D eigenvalue weighted by molar-refractivity contribution is 5.69. The summed E-state index contributed by atoms with van der Waals surface area (Å²) >= 11 is 0. The van der Waals surface area contributed by atoms with Crippen LogP contribution in [0.15, 0.2) is 30.9 Å². The van der Waals surface area contributed by atoms with Crippen molar-refractivity contribution in [1.82, 2.24) is 35.3 Å². The van der Waals surface area contributed by atoms with Crippen molar-refractivity contribution in [1.29, 1.82) is 0 Å². The Morgan fingerprint density at radius 2 is 1.84 bits per heavy atom. The summed E-state index contributed by atoms with van der Waals surface area (Å²) < 4.78 is 0. The second kappa shape index (κ2) is 6.44. The molecule has 0 bridgehead atoms. The summed E-state index contributed by atoms with van der Waals surface area (Å²) in [5.41, 5.74) is 2.42. The van der Waals surface area contributed by atoms with Gasteiger partial charge in [0, 0.05) is 49.7 Å². The molecule has 0 aromatic carbocycles. The second-order valence-electron chi connectivity index (χ2n) is 6.01. The summed E-state index contributed by atoms with van der Waals surface area (Å²) in [5.74, 6) is 0.633. The molecule has 128 valence electrons. The first-order valence-corrected chi connectivity index (χ1v) is 8.02. The number of pyridine rings is 1. The van der Waals surface area contributed by atoms with Gasteiger partial charge in [0.25, 0.3) is 0 Å². The van der Waals surface area contributed by atoms with E-state index in [1.165, 1.54) is 0 Å². The maximum atomic E-state index is 10.3. The number of anilines is 1. The largest absolute Gasteiger partial charge is 0.506 e. The molecule has 1 fully saturated rings. The smallest absolute Gasteiger partial charge is 0.245 e. The van der Waals surface area contributed by atoms with Gasteiger partial charge < -0.3 is 14.9 Å². The molecule has 3 aromatic heterocycles. The number of rotatable bonds is 3. The lowest BCUT2D eigenvalue weighted by Crippen LogP contribution is -2.45. The number of nitrogens with one attached hydrogen (secondary N) is 1. The molecule has 0 radical (unpaired) electrons. The van der Waals surface area contributed by atoms with Crippen LogP contribution < -0.4 is 4.90 Å². The standard InChI is InChI=1S/C16H18N8O/c1-23-2-4-24(5-3-23)16-18-10-13(21-22-16)15-14(25)6-11(7-17-15)12-8-19-20-9-12/h6-10,25H,2-5H2,1H3,(H,19,20). The summed E-state index contributed by atoms with van der Waals surface area (Å²) in [7, 11) is 2.10. The monoisotopic (exact) mass is 338 g/mol. The van der Waals surface area contributed by atoms with Crippen LogP contribution in [-0.2, 0) is 0 Å². The van der Waals surface area contributed by atoms with Crippen LogP contribution in [0.5, 0.6) is 5.75 Å². The maximum Gasteiger partial charge on any atom is 0.245 e. The lowest BCUT2D eigenvalue weighted by molar-refractivity contribution is 0.311. The summed E-state index contributed by atoms with van der Waals surface area (Å²) in [6.45, 7) is 3.70. The van der Waals surface area contributed by atoms with E-state index in [0.29, 0.717) is 17.3 Å². The Bertz CT molecular complexity index is 841. The molecule has 1 saturated heterocycles. The van der Waals surface area contributed by atoms with E-state index < -0.39 is 0 Å². The first kappa shape index (κ1) is 15.5. The number of H-pyrrole nitrogens is 1. The molecule has 0 spiro atoms. The van der Waals surface area contributed by atoms with Gasteiger partial charge in [-0.25, -0.2) is 9.97 Å². The highest BCUT2D eigenvalue weighted by Crippen LogP contribution is 2.29. The Kier molecular flexibility index (Phi) is 3.98. The van der Waals surface area contributed by atoms with Crippen LogP contribution in [0.1, 0.15) is 0 Å². The van der Waals surface area contributed by atoms with Crippen molar-refractivity contribution >= 4 is 5.95 Å². The molecule has 9 nitrogen and oxygen atoms in total. The van der Waals surface area contributed by atoms with E-state index in [2.05, 4.69) is 47.2 Å². The number of piperazine rings is 1. The van der Waals surface area contributed by atoms with Crippen molar-refractivity contribution in [3.8, 4) is 28.3 Å². The molecule has 0 aliphatic carbocycles. The predicted molar refractivity (Wildman–Crippen MR) is 92.0 cm³/mol. The van der Waals surface area contributed by atoms with E-state index in [9.17, 15) is 5.11 Å².